The second-order valence-electron chi connectivity index (χ2n) is 4.03. The van der Waals surface area contributed by atoms with Gasteiger partial charge in [0.1, 0.15) is 11.6 Å². The molecule has 0 radical (unpaired) electrons. The standard InChI is InChI=1S/C15H11F2N/c16-13-7-5-11(6-8-13)9-12(10-18)14-3-1-2-4-15(14)17/h1-8,12H,9H2. The van der Waals surface area contributed by atoms with Crippen molar-refractivity contribution >= 4 is 0 Å². The van der Waals surface area contributed by atoms with Gasteiger partial charge in [0, 0.05) is 5.56 Å². The molecule has 0 aliphatic heterocycles. The number of rotatable bonds is 3. The molecule has 0 aliphatic carbocycles. The van der Waals surface area contributed by atoms with Crippen LogP contribution in [0.3, 0.4) is 0 Å². The molecule has 1 nitrogen and oxygen atoms in total. The van der Waals surface area contributed by atoms with Crippen LogP contribution < -0.4 is 0 Å². The van der Waals surface area contributed by atoms with E-state index in [1.54, 1.807) is 30.3 Å². The third-order valence-electron chi connectivity index (χ3n) is 2.79. The minimum Gasteiger partial charge on any atom is -0.207 e. The van der Waals surface area contributed by atoms with Crippen LogP contribution in [0, 0.1) is 23.0 Å². The highest BCUT2D eigenvalue weighted by Crippen LogP contribution is 2.22. The summed E-state index contributed by atoms with van der Waals surface area (Å²) in [7, 11) is 0. The SMILES string of the molecule is N#CC(Cc1ccc(F)cc1)c1ccccc1F. The molecule has 18 heavy (non-hydrogen) atoms. The molecule has 3 heteroatoms. The van der Waals surface area contributed by atoms with Gasteiger partial charge < -0.3 is 0 Å². The van der Waals surface area contributed by atoms with Crippen molar-refractivity contribution in [1.29, 1.82) is 5.26 Å². The van der Waals surface area contributed by atoms with Crippen LogP contribution in [0.1, 0.15) is 17.0 Å². The molecule has 2 aromatic rings. The van der Waals surface area contributed by atoms with E-state index in [1.165, 1.54) is 18.2 Å². The lowest BCUT2D eigenvalue weighted by atomic mass is 9.93. The summed E-state index contributed by atoms with van der Waals surface area (Å²) in [5, 5.41) is 9.13. The van der Waals surface area contributed by atoms with Crippen LogP contribution in [0.25, 0.3) is 0 Å². The van der Waals surface area contributed by atoms with Crippen molar-refractivity contribution in [2.75, 3.05) is 0 Å². The van der Waals surface area contributed by atoms with Crippen LogP contribution in [0.2, 0.25) is 0 Å². The Bertz CT molecular complexity index is 570. The first kappa shape index (κ1) is 12.3. The number of nitriles is 1. The predicted molar refractivity (Wildman–Crippen MR) is 64.9 cm³/mol. The number of hydrogen-bond acceptors (Lipinski definition) is 1. The van der Waals surface area contributed by atoms with Gasteiger partial charge in [-0.15, -0.1) is 0 Å². The molecule has 0 heterocycles. The summed E-state index contributed by atoms with van der Waals surface area (Å²) in [4.78, 5) is 0. The molecular formula is C15H11F2N. The minimum absolute atomic E-state index is 0.321. The van der Waals surface area contributed by atoms with Gasteiger partial charge in [-0.2, -0.15) is 5.26 Å². The fourth-order valence-electron chi connectivity index (χ4n) is 1.84. The summed E-state index contributed by atoms with van der Waals surface area (Å²) in [6, 6.07) is 14.2. The molecule has 0 saturated carbocycles. The van der Waals surface area contributed by atoms with E-state index < -0.39 is 5.92 Å². The van der Waals surface area contributed by atoms with Crippen molar-refractivity contribution in [2.24, 2.45) is 0 Å². The van der Waals surface area contributed by atoms with Gasteiger partial charge in [-0.25, -0.2) is 8.78 Å². The van der Waals surface area contributed by atoms with Crippen molar-refractivity contribution in [2.45, 2.75) is 12.3 Å². The lowest BCUT2D eigenvalue weighted by molar-refractivity contribution is 0.599. The van der Waals surface area contributed by atoms with E-state index in [1.807, 2.05) is 0 Å². The molecule has 0 aliphatic rings. The molecule has 90 valence electrons. The molecule has 0 amide bonds. The van der Waals surface area contributed by atoms with Crippen LogP contribution in [0.4, 0.5) is 8.78 Å². The predicted octanol–water partition coefficient (Wildman–Crippen LogP) is 3.81. The number of benzene rings is 2. The van der Waals surface area contributed by atoms with E-state index in [-0.39, 0.29) is 11.6 Å². The molecule has 0 fully saturated rings. The van der Waals surface area contributed by atoms with E-state index in [0.29, 0.717) is 12.0 Å². The maximum atomic E-state index is 13.6. The average molecular weight is 243 g/mol. The van der Waals surface area contributed by atoms with Gasteiger partial charge in [-0.1, -0.05) is 30.3 Å². The normalized spacial score (nSPS) is 11.8. The molecule has 0 spiro atoms. The summed E-state index contributed by atoms with van der Waals surface area (Å²) in [5.74, 6) is -1.26. The van der Waals surface area contributed by atoms with Crippen LogP contribution >= 0.6 is 0 Å². The second kappa shape index (κ2) is 5.42. The molecule has 2 aromatic carbocycles. The van der Waals surface area contributed by atoms with Crippen LogP contribution in [-0.2, 0) is 6.42 Å². The summed E-state index contributed by atoms with van der Waals surface area (Å²) >= 11 is 0. The third-order valence-corrected chi connectivity index (χ3v) is 2.79. The Morgan fingerprint density at radius 1 is 1.00 bits per heavy atom. The molecule has 0 aromatic heterocycles. The smallest absolute Gasteiger partial charge is 0.127 e. The van der Waals surface area contributed by atoms with Crippen molar-refractivity contribution in [1.82, 2.24) is 0 Å². The van der Waals surface area contributed by atoms with E-state index in [0.717, 1.165) is 5.56 Å². The monoisotopic (exact) mass is 243 g/mol. The Morgan fingerprint density at radius 3 is 2.28 bits per heavy atom. The van der Waals surface area contributed by atoms with Crippen LogP contribution in [0.5, 0.6) is 0 Å². The Hall–Kier alpha value is -2.21. The van der Waals surface area contributed by atoms with Gasteiger partial charge in [-0.05, 0) is 30.2 Å². The van der Waals surface area contributed by atoms with Crippen molar-refractivity contribution in [3.05, 3.63) is 71.3 Å². The van der Waals surface area contributed by atoms with Gasteiger partial charge >= 0.3 is 0 Å². The fourth-order valence-corrected chi connectivity index (χ4v) is 1.84. The zero-order chi connectivity index (χ0) is 13.0. The molecule has 0 N–H and O–H groups in total. The zero-order valence-electron chi connectivity index (χ0n) is 9.61. The molecule has 0 saturated heterocycles. The Kier molecular flexibility index (Phi) is 3.69. The Labute approximate surface area is 104 Å². The summed E-state index contributed by atoms with van der Waals surface area (Å²) in [5.41, 5.74) is 1.19. The first-order valence-electron chi connectivity index (χ1n) is 5.59. The van der Waals surface area contributed by atoms with E-state index >= 15 is 0 Å². The van der Waals surface area contributed by atoms with Gasteiger partial charge in [0.25, 0.3) is 0 Å². The van der Waals surface area contributed by atoms with Gasteiger partial charge in [0.05, 0.1) is 12.0 Å². The number of nitrogens with zero attached hydrogens (tertiary/aromatic N) is 1. The van der Waals surface area contributed by atoms with Crippen LogP contribution in [0.15, 0.2) is 48.5 Å². The highest BCUT2D eigenvalue weighted by molar-refractivity contribution is 5.30. The highest BCUT2D eigenvalue weighted by atomic mass is 19.1. The van der Waals surface area contributed by atoms with Gasteiger partial charge in [0.2, 0.25) is 0 Å². The average Bonchev–Trinajstić information content (AvgIpc) is 2.39. The zero-order valence-corrected chi connectivity index (χ0v) is 9.61. The van der Waals surface area contributed by atoms with E-state index in [9.17, 15) is 8.78 Å². The van der Waals surface area contributed by atoms with Crippen molar-refractivity contribution in [3.63, 3.8) is 0 Å². The van der Waals surface area contributed by atoms with E-state index in [2.05, 4.69) is 6.07 Å². The lowest BCUT2D eigenvalue weighted by Crippen LogP contribution is -2.03. The number of hydrogen-bond donors (Lipinski definition) is 0. The Morgan fingerprint density at radius 2 is 1.67 bits per heavy atom. The van der Waals surface area contributed by atoms with Gasteiger partial charge in [0.15, 0.2) is 0 Å². The summed E-state index contributed by atoms with van der Waals surface area (Å²) < 4.78 is 26.4. The largest absolute Gasteiger partial charge is 0.207 e. The first-order valence-corrected chi connectivity index (χ1v) is 5.59. The van der Waals surface area contributed by atoms with Crippen molar-refractivity contribution < 1.29 is 8.78 Å². The fraction of sp³-hybridized carbons (Fsp3) is 0.133. The van der Waals surface area contributed by atoms with E-state index in [4.69, 9.17) is 5.26 Å². The molecule has 2 rings (SSSR count). The second-order valence-corrected chi connectivity index (χ2v) is 4.03. The molecule has 1 atom stereocenters. The number of halogens is 2. The highest BCUT2D eigenvalue weighted by Gasteiger charge is 2.15. The minimum atomic E-state index is -0.559. The maximum Gasteiger partial charge on any atom is 0.127 e. The molecular weight excluding hydrogens is 232 g/mol. The third kappa shape index (κ3) is 2.72. The topological polar surface area (TPSA) is 23.8 Å². The first-order chi connectivity index (χ1) is 8.70. The Balaban J connectivity index is 2.23. The molecule has 0 bridgehead atoms. The van der Waals surface area contributed by atoms with Gasteiger partial charge in [-0.3, -0.25) is 0 Å². The lowest BCUT2D eigenvalue weighted by Gasteiger charge is -2.10. The summed E-state index contributed by atoms with van der Waals surface area (Å²) in [6.45, 7) is 0. The molecule has 1 unspecified atom stereocenters. The van der Waals surface area contributed by atoms with Crippen molar-refractivity contribution in [3.8, 4) is 6.07 Å². The maximum absolute atomic E-state index is 13.6. The van der Waals surface area contributed by atoms with Crippen LogP contribution in [-0.4, -0.2) is 0 Å². The summed E-state index contributed by atoms with van der Waals surface area (Å²) in [6.07, 6.45) is 0.373. The quantitative estimate of drug-likeness (QED) is 0.804.